The quantitative estimate of drug-likeness (QED) is 0.282. The van der Waals surface area contributed by atoms with Crippen LogP contribution in [0.4, 0.5) is 0 Å². The summed E-state index contributed by atoms with van der Waals surface area (Å²) in [6, 6.07) is 0. The molecule has 4 nitrogen and oxygen atoms in total. The molecule has 0 aromatic rings. The molecule has 0 fully saturated rings. The van der Waals surface area contributed by atoms with E-state index in [2.05, 4.69) is 5.32 Å². The second kappa shape index (κ2) is 10.5. The van der Waals surface area contributed by atoms with E-state index >= 15 is 0 Å². The molecule has 0 heterocycles. The zero-order valence-electron chi connectivity index (χ0n) is 6.45. The van der Waals surface area contributed by atoms with Crippen LogP contribution in [0.15, 0.2) is 12.2 Å². The van der Waals surface area contributed by atoms with Crippen LogP contribution in [0.5, 0.6) is 0 Å². The van der Waals surface area contributed by atoms with Gasteiger partial charge in [-0.1, -0.05) is 6.08 Å². The fourth-order valence-corrected chi connectivity index (χ4v) is 0.364. The van der Waals surface area contributed by atoms with Gasteiger partial charge in [-0.05, 0) is 6.54 Å². The molecule has 0 aromatic heterocycles. The predicted molar refractivity (Wildman–Crippen MR) is 38.7 cm³/mol. The third kappa shape index (κ3) is 13.5. The van der Waals surface area contributed by atoms with Crippen molar-refractivity contribution in [1.29, 1.82) is 5.41 Å². The maximum atomic E-state index is 9.87. The zero-order chi connectivity index (χ0) is 7.82. The molecule has 0 saturated carbocycles. The molecule has 0 saturated heterocycles. The van der Waals surface area contributed by atoms with E-state index in [-0.39, 0.29) is 57.9 Å². The van der Waals surface area contributed by atoms with Crippen LogP contribution in [0.3, 0.4) is 0 Å². The molecule has 0 atom stereocenters. The monoisotopic (exact) mass is 180 g/mol. The molecule has 0 aliphatic rings. The van der Waals surface area contributed by atoms with Crippen LogP contribution in [0.1, 0.15) is 0 Å². The molecule has 0 unspecified atom stereocenters. The van der Waals surface area contributed by atoms with Gasteiger partial charge in [0.2, 0.25) is 0 Å². The van der Waals surface area contributed by atoms with Gasteiger partial charge in [-0.15, -0.1) is 12.6 Å². The van der Waals surface area contributed by atoms with Crippen LogP contribution >= 0.6 is 0 Å². The van der Waals surface area contributed by atoms with Crippen LogP contribution in [0, 0.1) is 5.41 Å². The van der Waals surface area contributed by atoms with Crippen LogP contribution in [0.25, 0.3) is 5.32 Å². The Hall–Kier alpha value is 0.476. The molecule has 11 heavy (non-hydrogen) atoms. The smallest absolute Gasteiger partial charge is 0.650 e. The van der Waals surface area contributed by atoms with Crippen LogP contribution in [-0.4, -0.2) is 30.4 Å². The van der Waals surface area contributed by atoms with Crippen molar-refractivity contribution >= 4 is 12.2 Å². The molecule has 56 valence electrons. The second-order valence-electron chi connectivity index (χ2n) is 1.55. The normalized spacial score (nSPS) is 9.09. The molecule has 0 bridgehead atoms. The van der Waals surface area contributed by atoms with Crippen molar-refractivity contribution in [3.8, 4) is 0 Å². The van der Waals surface area contributed by atoms with Crippen molar-refractivity contribution in [2.75, 3.05) is 13.1 Å². The number of rotatable bonds is 5. The van der Waals surface area contributed by atoms with Gasteiger partial charge in [0.05, 0.1) is 0 Å². The fraction of sp³-hybridized carbons (Fsp3) is 0.333. The van der Waals surface area contributed by atoms with Crippen molar-refractivity contribution in [2.45, 2.75) is 0 Å². The third-order valence-corrected chi connectivity index (χ3v) is 0.714. The summed E-state index contributed by atoms with van der Waals surface area (Å²) in [6.45, 7) is 0.198. The Morgan fingerprint density at radius 2 is 2.27 bits per heavy atom. The van der Waals surface area contributed by atoms with Gasteiger partial charge in [0.1, 0.15) is 0 Å². The molecule has 0 radical (unpaired) electrons. The average molecular weight is 180 g/mol. The van der Waals surface area contributed by atoms with Gasteiger partial charge in [-0.3, -0.25) is 4.79 Å². The first-order chi connectivity index (χ1) is 4.77. The minimum Gasteiger partial charge on any atom is -0.650 e. The number of nitrogens with one attached hydrogen (secondary N) is 1. The predicted octanol–water partition coefficient (Wildman–Crippen LogP) is -2.35. The number of nitrogens with zero attached hydrogens (tertiary/aromatic N) is 1. The van der Waals surface area contributed by atoms with Gasteiger partial charge < -0.3 is 15.8 Å². The molecular formula is C6H9KN2O2. The maximum Gasteiger partial charge on any atom is 1.00 e. The summed E-state index contributed by atoms with van der Waals surface area (Å²) in [5.74, 6) is -0.928. The van der Waals surface area contributed by atoms with Crippen LogP contribution in [-0.2, 0) is 4.79 Å². The van der Waals surface area contributed by atoms with E-state index in [0.29, 0.717) is 6.54 Å². The van der Waals surface area contributed by atoms with Crippen molar-refractivity contribution in [2.24, 2.45) is 0 Å². The standard InChI is InChI=1S/C6H9N2O2.K/c7-3-1-2-4-8-5-6(9)10;/h1-3,7H,4-5H2,(H,9,10);/q-1;+1/b2-1-,7-3?;. The van der Waals surface area contributed by atoms with E-state index in [1.54, 1.807) is 6.08 Å². The Morgan fingerprint density at radius 1 is 1.64 bits per heavy atom. The molecule has 2 N–H and O–H groups in total. The minimum atomic E-state index is -0.928. The van der Waals surface area contributed by atoms with E-state index in [9.17, 15) is 4.79 Å². The van der Waals surface area contributed by atoms with Crippen molar-refractivity contribution in [3.63, 3.8) is 0 Å². The van der Waals surface area contributed by atoms with Gasteiger partial charge in [0.15, 0.2) is 0 Å². The van der Waals surface area contributed by atoms with E-state index in [0.717, 1.165) is 6.21 Å². The molecule has 0 rings (SSSR count). The van der Waals surface area contributed by atoms with E-state index in [4.69, 9.17) is 10.5 Å². The molecule has 0 aliphatic carbocycles. The number of carboxylic acid groups (broad SMARTS) is 1. The molecule has 5 heteroatoms. The van der Waals surface area contributed by atoms with E-state index < -0.39 is 5.97 Å². The number of hydrogen-bond donors (Lipinski definition) is 2. The molecule has 0 amide bonds. The molecule has 0 spiro atoms. The average Bonchev–Trinajstić information content (AvgIpc) is 1.87. The molecule has 0 aliphatic heterocycles. The van der Waals surface area contributed by atoms with E-state index in [1.165, 1.54) is 6.08 Å². The van der Waals surface area contributed by atoms with Crippen molar-refractivity contribution < 1.29 is 61.3 Å². The molecular weight excluding hydrogens is 171 g/mol. The van der Waals surface area contributed by atoms with Crippen LogP contribution < -0.4 is 51.4 Å². The SMILES string of the molecule is N=C/C=C\C[N-]CC(=O)O.[K+]. The van der Waals surface area contributed by atoms with Crippen LogP contribution in [0.2, 0.25) is 0 Å². The minimum absolute atomic E-state index is 0. The number of carbonyl (C=O) groups is 1. The summed E-state index contributed by atoms with van der Waals surface area (Å²) in [5, 5.41) is 18.3. The second-order valence-corrected chi connectivity index (χ2v) is 1.55. The van der Waals surface area contributed by atoms with Crippen molar-refractivity contribution in [1.82, 2.24) is 0 Å². The van der Waals surface area contributed by atoms with Gasteiger partial charge in [0.25, 0.3) is 5.97 Å². The number of hydrogen-bond acceptors (Lipinski definition) is 2. The summed E-state index contributed by atoms with van der Waals surface area (Å²) in [5.41, 5.74) is 0. The summed E-state index contributed by atoms with van der Waals surface area (Å²) in [6.07, 6.45) is 4.25. The fourth-order valence-electron chi connectivity index (χ4n) is 0.364. The van der Waals surface area contributed by atoms with Gasteiger partial charge in [0, 0.05) is 6.21 Å². The van der Waals surface area contributed by atoms with Crippen molar-refractivity contribution in [3.05, 3.63) is 17.5 Å². The number of carboxylic acids is 1. The number of aliphatic carboxylic acids is 1. The topological polar surface area (TPSA) is 75.2 Å². The molecule has 0 aromatic carbocycles. The van der Waals surface area contributed by atoms with Gasteiger partial charge in [-0.25, -0.2) is 0 Å². The summed E-state index contributed by atoms with van der Waals surface area (Å²) in [7, 11) is 0. The first kappa shape index (κ1) is 14.0. The number of allylic oxidation sites excluding steroid dienone is 1. The Kier molecular flexibility index (Phi) is 13.4. The third-order valence-electron chi connectivity index (χ3n) is 0.714. The Bertz CT molecular complexity index is 148. The Morgan fingerprint density at radius 3 is 2.73 bits per heavy atom. The first-order valence-electron chi connectivity index (χ1n) is 2.78. The van der Waals surface area contributed by atoms with Gasteiger partial charge in [-0.2, -0.15) is 0 Å². The van der Waals surface area contributed by atoms with Gasteiger partial charge >= 0.3 is 51.4 Å². The largest absolute Gasteiger partial charge is 1.00 e. The Labute approximate surface area is 108 Å². The summed E-state index contributed by atoms with van der Waals surface area (Å²) < 4.78 is 0. The summed E-state index contributed by atoms with van der Waals surface area (Å²) >= 11 is 0. The Balaban J connectivity index is 0. The zero-order valence-corrected chi connectivity index (χ0v) is 9.57. The van der Waals surface area contributed by atoms with E-state index in [1.807, 2.05) is 0 Å². The summed E-state index contributed by atoms with van der Waals surface area (Å²) in [4.78, 5) is 9.87. The maximum absolute atomic E-state index is 9.87. The first-order valence-corrected chi connectivity index (χ1v) is 2.78.